The van der Waals surface area contributed by atoms with E-state index in [4.69, 9.17) is 4.74 Å². The molecule has 0 aliphatic heterocycles. The van der Waals surface area contributed by atoms with Crippen LogP contribution in [-0.4, -0.2) is 50.6 Å². The number of unbranched alkanes of at least 4 members (excludes halogenated alkanes) is 1. The molecule has 0 bridgehead atoms. The number of rotatable bonds is 11. The molecule has 0 aromatic carbocycles. The van der Waals surface area contributed by atoms with Gasteiger partial charge in [0, 0.05) is 13.0 Å². The Morgan fingerprint density at radius 2 is 2.24 bits per heavy atom. The summed E-state index contributed by atoms with van der Waals surface area (Å²) in [5.41, 5.74) is 0. The van der Waals surface area contributed by atoms with Crippen molar-refractivity contribution in [2.24, 2.45) is 17.8 Å². The summed E-state index contributed by atoms with van der Waals surface area (Å²) in [6, 6.07) is -0.0756. The maximum absolute atomic E-state index is 12.7. The molecule has 5 nitrogen and oxygen atoms in total. The molecule has 0 radical (unpaired) electrons. The molecule has 1 aliphatic rings. The predicted octanol–water partition coefficient (Wildman–Crippen LogP) is 1.67. The predicted molar refractivity (Wildman–Crippen MR) is 82.8 cm³/mol. The topological polar surface area (TPSA) is 58.6 Å². The lowest BCUT2D eigenvalue weighted by molar-refractivity contribution is -0.141. The summed E-state index contributed by atoms with van der Waals surface area (Å²) in [6.07, 6.45) is 4.31. The Balaban J connectivity index is 2.60. The van der Waals surface area contributed by atoms with E-state index in [1.54, 1.807) is 4.90 Å². The van der Waals surface area contributed by atoms with E-state index in [1.807, 2.05) is 21.0 Å². The fourth-order valence-electron chi connectivity index (χ4n) is 2.97. The molecule has 5 heteroatoms. The molecule has 0 spiro atoms. The number of hydrogen-bond acceptors (Lipinski definition) is 4. The van der Waals surface area contributed by atoms with Gasteiger partial charge in [0.2, 0.25) is 5.91 Å². The molecule has 1 fully saturated rings. The van der Waals surface area contributed by atoms with Crippen LogP contribution in [0.3, 0.4) is 0 Å². The molecule has 2 unspecified atom stereocenters. The second-order valence-electron chi connectivity index (χ2n) is 6.19. The van der Waals surface area contributed by atoms with Gasteiger partial charge in [0.05, 0.1) is 6.04 Å². The second kappa shape index (κ2) is 9.03. The van der Waals surface area contributed by atoms with Crippen LogP contribution < -0.4 is 5.32 Å². The Kier molecular flexibility index (Phi) is 7.72. The maximum atomic E-state index is 12.7. The molecule has 0 saturated heterocycles. The first kappa shape index (κ1) is 18.0. The van der Waals surface area contributed by atoms with Crippen molar-refractivity contribution in [2.45, 2.75) is 45.6 Å². The average molecular weight is 298 g/mol. The summed E-state index contributed by atoms with van der Waals surface area (Å²) in [5, 5.41) is 3.21. The van der Waals surface area contributed by atoms with Gasteiger partial charge < -0.3 is 15.0 Å². The molecule has 1 saturated carbocycles. The zero-order chi connectivity index (χ0) is 15.8. The molecule has 1 rings (SSSR count). The van der Waals surface area contributed by atoms with Gasteiger partial charge in [-0.1, -0.05) is 19.8 Å². The minimum atomic E-state index is -0.0756. The molecule has 0 heterocycles. The monoisotopic (exact) mass is 298 g/mol. The van der Waals surface area contributed by atoms with Gasteiger partial charge >= 0.3 is 0 Å². The molecule has 1 amide bonds. The van der Waals surface area contributed by atoms with Gasteiger partial charge in [-0.05, 0) is 45.2 Å². The van der Waals surface area contributed by atoms with Crippen LogP contribution in [0, 0.1) is 17.8 Å². The van der Waals surface area contributed by atoms with Crippen molar-refractivity contribution < 1.29 is 14.3 Å². The lowest BCUT2D eigenvalue weighted by Gasteiger charge is -2.29. The van der Waals surface area contributed by atoms with E-state index in [-0.39, 0.29) is 24.5 Å². The van der Waals surface area contributed by atoms with Gasteiger partial charge in [-0.2, -0.15) is 0 Å². The summed E-state index contributed by atoms with van der Waals surface area (Å²) in [4.78, 5) is 24.8. The smallest absolute Gasteiger partial charge is 0.293 e. The van der Waals surface area contributed by atoms with Crippen LogP contribution in [0.1, 0.15) is 39.5 Å². The minimum absolute atomic E-state index is 0.0756. The summed E-state index contributed by atoms with van der Waals surface area (Å²) < 4.78 is 4.78. The Morgan fingerprint density at radius 3 is 2.81 bits per heavy atom. The number of nitrogens with one attached hydrogen (secondary N) is 1. The van der Waals surface area contributed by atoms with Crippen molar-refractivity contribution in [1.82, 2.24) is 10.2 Å². The van der Waals surface area contributed by atoms with E-state index in [9.17, 15) is 9.59 Å². The number of amides is 1. The van der Waals surface area contributed by atoms with Crippen molar-refractivity contribution >= 4 is 12.4 Å². The van der Waals surface area contributed by atoms with Gasteiger partial charge in [-0.15, -0.1) is 0 Å². The highest BCUT2D eigenvalue weighted by atomic mass is 16.5. The highest BCUT2D eigenvalue weighted by molar-refractivity contribution is 5.79. The number of ether oxygens (including phenoxy) is 1. The number of carbonyl (C=O) groups excluding carboxylic acids is 2. The molecule has 0 aromatic heterocycles. The summed E-state index contributed by atoms with van der Waals surface area (Å²) in [5.74, 6) is 1.47. The van der Waals surface area contributed by atoms with E-state index in [0.717, 1.165) is 32.2 Å². The lowest BCUT2D eigenvalue weighted by atomic mass is 9.93. The van der Waals surface area contributed by atoms with E-state index in [1.165, 1.54) is 0 Å². The average Bonchev–Trinajstić information content (AvgIpc) is 3.23. The van der Waals surface area contributed by atoms with Crippen molar-refractivity contribution in [3.05, 3.63) is 0 Å². The van der Waals surface area contributed by atoms with Crippen LogP contribution in [0.25, 0.3) is 0 Å². The van der Waals surface area contributed by atoms with Crippen LogP contribution in [0.4, 0.5) is 0 Å². The van der Waals surface area contributed by atoms with Crippen LogP contribution in [0.15, 0.2) is 0 Å². The highest BCUT2D eigenvalue weighted by Crippen LogP contribution is 2.46. The lowest BCUT2D eigenvalue weighted by Crippen LogP contribution is -2.42. The fourth-order valence-corrected chi connectivity index (χ4v) is 2.97. The molecule has 4 atom stereocenters. The van der Waals surface area contributed by atoms with Gasteiger partial charge in [0.1, 0.15) is 6.61 Å². The van der Waals surface area contributed by atoms with E-state index >= 15 is 0 Å². The summed E-state index contributed by atoms with van der Waals surface area (Å²) in [6.45, 7) is 5.76. The first-order valence-electron chi connectivity index (χ1n) is 8.03. The molecule has 1 N–H and O–H groups in total. The van der Waals surface area contributed by atoms with Crippen molar-refractivity contribution in [1.29, 1.82) is 0 Å². The van der Waals surface area contributed by atoms with Crippen LogP contribution in [0.2, 0.25) is 0 Å². The number of hydrogen-bond donors (Lipinski definition) is 1. The maximum Gasteiger partial charge on any atom is 0.293 e. The van der Waals surface area contributed by atoms with Crippen molar-refractivity contribution in [3.63, 3.8) is 0 Å². The van der Waals surface area contributed by atoms with Crippen molar-refractivity contribution in [2.75, 3.05) is 27.2 Å². The number of nitrogens with zero attached hydrogens (tertiary/aromatic N) is 1. The van der Waals surface area contributed by atoms with Gasteiger partial charge in [0.15, 0.2) is 0 Å². The van der Waals surface area contributed by atoms with Gasteiger partial charge in [0.25, 0.3) is 6.47 Å². The third kappa shape index (κ3) is 5.30. The first-order valence-corrected chi connectivity index (χ1v) is 8.03. The summed E-state index contributed by atoms with van der Waals surface area (Å²) in [7, 11) is 3.78. The third-order valence-corrected chi connectivity index (χ3v) is 4.56. The SMILES string of the molecule is CCCC[C@@H](C(=O)N(C)[C@H](C)COC=O)C1CC1CNC. The number of likely N-dealkylation sites (N-methyl/N-ethyl adjacent to an activating group) is 1. The molecular weight excluding hydrogens is 268 g/mol. The standard InChI is InChI=1S/C16H30N2O3/c1-5-6-7-14(15-8-13(15)9-17-3)16(20)18(4)12(2)10-21-11-19/h11-15,17H,5-10H2,1-4H3/t12-,13?,14-,15?/m1/s1. The molecule has 122 valence electrons. The van der Waals surface area contributed by atoms with E-state index in [0.29, 0.717) is 18.3 Å². The zero-order valence-corrected chi connectivity index (χ0v) is 13.8. The quantitative estimate of drug-likeness (QED) is 0.590. The van der Waals surface area contributed by atoms with Gasteiger partial charge in [-0.3, -0.25) is 9.59 Å². The van der Waals surface area contributed by atoms with Gasteiger partial charge in [-0.25, -0.2) is 0 Å². The highest BCUT2D eigenvalue weighted by Gasteiger charge is 2.45. The fraction of sp³-hybridized carbons (Fsp3) is 0.875. The van der Waals surface area contributed by atoms with Crippen LogP contribution >= 0.6 is 0 Å². The van der Waals surface area contributed by atoms with Crippen LogP contribution in [-0.2, 0) is 14.3 Å². The molecular formula is C16H30N2O3. The normalized spacial score (nSPS) is 23.2. The first-order chi connectivity index (χ1) is 10.1. The molecule has 1 aliphatic carbocycles. The minimum Gasteiger partial charge on any atom is -0.466 e. The van der Waals surface area contributed by atoms with Crippen molar-refractivity contribution in [3.8, 4) is 0 Å². The second-order valence-corrected chi connectivity index (χ2v) is 6.19. The molecule has 21 heavy (non-hydrogen) atoms. The van der Waals surface area contributed by atoms with E-state index in [2.05, 4.69) is 12.2 Å². The Morgan fingerprint density at radius 1 is 1.52 bits per heavy atom. The zero-order valence-electron chi connectivity index (χ0n) is 13.8. The largest absolute Gasteiger partial charge is 0.466 e. The Labute approximate surface area is 128 Å². The van der Waals surface area contributed by atoms with Crippen LogP contribution in [0.5, 0.6) is 0 Å². The molecule has 0 aromatic rings. The third-order valence-electron chi connectivity index (χ3n) is 4.56. The summed E-state index contributed by atoms with van der Waals surface area (Å²) >= 11 is 0. The Bertz CT molecular complexity index is 335. The van der Waals surface area contributed by atoms with E-state index < -0.39 is 0 Å². The number of carbonyl (C=O) groups is 2. The Hall–Kier alpha value is -1.10.